The number of carbonyl (C=O) groups is 1. The average Bonchev–Trinajstić information content (AvgIpc) is 2.99. The van der Waals surface area contributed by atoms with Crippen LogP contribution in [0, 0.1) is 0 Å². The van der Waals surface area contributed by atoms with Gasteiger partial charge in [0.25, 0.3) is 5.91 Å². The number of hydrogen-bond acceptors (Lipinski definition) is 6. The first-order chi connectivity index (χ1) is 9.58. The number of hydrogen-bond donors (Lipinski definition) is 3. The van der Waals surface area contributed by atoms with Gasteiger partial charge in [0.2, 0.25) is 0 Å². The number of anilines is 2. The van der Waals surface area contributed by atoms with Crippen molar-refractivity contribution in [1.29, 1.82) is 0 Å². The fourth-order valence-corrected chi connectivity index (χ4v) is 4.47. The predicted octanol–water partition coefficient (Wildman–Crippen LogP) is 1.92. The third-order valence-corrected chi connectivity index (χ3v) is 5.83. The minimum Gasteiger partial charge on any atom is -0.396 e. The molecule has 7 heteroatoms. The minimum absolute atomic E-state index is 0.117. The van der Waals surface area contributed by atoms with Crippen molar-refractivity contribution in [3.63, 3.8) is 0 Å². The van der Waals surface area contributed by atoms with E-state index in [1.807, 2.05) is 6.26 Å². The van der Waals surface area contributed by atoms with Gasteiger partial charge in [0.15, 0.2) is 0 Å². The molecule has 0 aliphatic carbocycles. The van der Waals surface area contributed by atoms with Gasteiger partial charge in [-0.05, 0) is 32.7 Å². The van der Waals surface area contributed by atoms with Gasteiger partial charge in [0.05, 0.1) is 10.6 Å². The van der Waals surface area contributed by atoms with Crippen molar-refractivity contribution < 1.29 is 4.79 Å². The van der Waals surface area contributed by atoms with E-state index >= 15 is 0 Å². The van der Waals surface area contributed by atoms with Gasteiger partial charge in [-0.3, -0.25) is 4.79 Å². The molecule has 1 atom stereocenters. The van der Waals surface area contributed by atoms with Gasteiger partial charge >= 0.3 is 0 Å². The van der Waals surface area contributed by atoms with Crippen molar-refractivity contribution in [3.05, 3.63) is 4.88 Å². The SMILES string of the molecule is CNC(=O)c1sc(NCC2CCCN2C)c(SC)c1N. The monoisotopic (exact) mass is 314 g/mol. The highest BCUT2D eigenvalue weighted by Gasteiger charge is 2.23. The van der Waals surface area contributed by atoms with Crippen molar-refractivity contribution in [2.45, 2.75) is 23.8 Å². The van der Waals surface area contributed by atoms with Crippen molar-refractivity contribution in [3.8, 4) is 0 Å². The Labute approximate surface area is 128 Å². The summed E-state index contributed by atoms with van der Waals surface area (Å²) in [7, 11) is 3.79. The van der Waals surface area contributed by atoms with Crippen molar-refractivity contribution in [1.82, 2.24) is 10.2 Å². The maximum Gasteiger partial charge on any atom is 0.263 e. The van der Waals surface area contributed by atoms with Crippen LogP contribution in [0.15, 0.2) is 4.90 Å². The number of thiophene rings is 1. The van der Waals surface area contributed by atoms with Crippen LogP contribution in [0.25, 0.3) is 0 Å². The maximum atomic E-state index is 11.8. The molecule has 112 valence electrons. The molecule has 0 radical (unpaired) electrons. The summed E-state index contributed by atoms with van der Waals surface area (Å²) in [5, 5.41) is 7.12. The van der Waals surface area contributed by atoms with Gasteiger partial charge < -0.3 is 21.3 Å². The first-order valence-electron chi connectivity index (χ1n) is 6.71. The lowest BCUT2D eigenvalue weighted by Gasteiger charge is -2.20. The van der Waals surface area contributed by atoms with Crippen molar-refractivity contribution in [2.24, 2.45) is 0 Å². The predicted molar refractivity (Wildman–Crippen MR) is 88.0 cm³/mol. The molecule has 2 rings (SSSR count). The van der Waals surface area contributed by atoms with E-state index in [9.17, 15) is 4.79 Å². The van der Waals surface area contributed by atoms with Crippen LogP contribution in [0.3, 0.4) is 0 Å². The number of likely N-dealkylation sites (tertiary alicyclic amines) is 1. The molecule has 1 aliphatic rings. The fourth-order valence-electron chi connectivity index (χ4n) is 2.48. The molecular formula is C13H22N4OS2. The molecule has 0 aromatic carbocycles. The van der Waals surface area contributed by atoms with E-state index in [0.29, 0.717) is 16.6 Å². The summed E-state index contributed by atoms with van der Waals surface area (Å²) >= 11 is 3.02. The van der Waals surface area contributed by atoms with Crippen LogP contribution < -0.4 is 16.4 Å². The highest BCUT2D eigenvalue weighted by Crippen LogP contribution is 2.41. The number of nitrogens with one attached hydrogen (secondary N) is 2. The maximum absolute atomic E-state index is 11.8. The second-order valence-corrected chi connectivity index (χ2v) is 6.78. The average molecular weight is 314 g/mol. The number of amides is 1. The van der Waals surface area contributed by atoms with Crippen LogP contribution in [0.1, 0.15) is 22.5 Å². The van der Waals surface area contributed by atoms with Crippen LogP contribution in [-0.2, 0) is 0 Å². The normalized spacial score (nSPS) is 19.2. The molecule has 4 N–H and O–H groups in total. The van der Waals surface area contributed by atoms with E-state index in [4.69, 9.17) is 5.73 Å². The van der Waals surface area contributed by atoms with Crippen LogP contribution in [0.5, 0.6) is 0 Å². The Morgan fingerprint density at radius 2 is 2.35 bits per heavy atom. The van der Waals surface area contributed by atoms with E-state index < -0.39 is 0 Å². The Balaban J connectivity index is 2.12. The highest BCUT2D eigenvalue weighted by atomic mass is 32.2. The summed E-state index contributed by atoms with van der Waals surface area (Å²) in [5.74, 6) is -0.117. The fraction of sp³-hybridized carbons (Fsp3) is 0.615. The third-order valence-electron chi connectivity index (χ3n) is 3.71. The summed E-state index contributed by atoms with van der Waals surface area (Å²) in [6.07, 6.45) is 4.47. The molecule has 0 bridgehead atoms. The summed E-state index contributed by atoms with van der Waals surface area (Å²) in [4.78, 5) is 15.8. The molecule has 5 nitrogen and oxygen atoms in total. The summed E-state index contributed by atoms with van der Waals surface area (Å²) in [5.41, 5.74) is 6.67. The second-order valence-electron chi connectivity index (χ2n) is 4.94. The largest absolute Gasteiger partial charge is 0.396 e. The molecule has 1 saturated heterocycles. The van der Waals surface area contributed by atoms with Gasteiger partial charge in [-0.2, -0.15) is 0 Å². The lowest BCUT2D eigenvalue weighted by Crippen LogP contribution is -2.31. The lowest BCUT2D eigenvalue weighted by molar-refractivity contribution is 0.0968. The molecule has 1 unspecified atom stereocenters. The number of rotatable bonds is 5. The van der Waals surface area contributed by atoms with Crippen LogP contribution >= 0.6 is 23.1 Å². The Morgan fingerprint density at radius 3 is 2.90 bits per heavy atom. The Kier molecular flexibility index (Phi) is 5.17. The number of nitrogen functional groups attached to an aromatic ring is 1. The number of likely N-dealkylation sites (N-methyl/N-ethyl adjacent to an activating group) is 1. The molecule has 1 fully saturated rings. The molecule has 0 spiro atoms. The number of nitrogens with two attached hydrogens (primary N) is 1. The molecular weight excluding hydrogens is 292 g/mol. The van der Waals surface area contributed by atoms with Crippen molar-refractivity contribution >= 4 is 39.7 Å². The van der Waals surface area contributed by atoms with E-state index in [1.54, 1.807) is 18.8 Å². The van der Waals surface area contributed by atoms with Crippen LogP contribution in [0.4, 0.5) is 10.7 Å². The molecule has 1 aliphatic heterocycles. The first kappa shape index (κ1) is 15.5. The Hall–Kier alpha value is -0.920. The molecule has 20 heavy (non-hydrogen) atoms. The van der Waals surface area contributed by atoms with Gasteiger partial charge in [0, 0.05) is 19.6 Å². The molecule has 1 aromatic rings. The zero-order valence-corrected chi connectivity index (χ0v) is 13.8. The Morgan fingerprint density at radius 1 is 1.60 bits per heavy atom. The number of carbonyl (C=O) groups excluding carboxylic acids is 1. The smallest absolute Gasteiger partial charge is 0.263 e. The quantitative estimate of drug-likeness (QED) is 0.724. The summed E-state index contributed by atoms with van der Waals surface area (Å²) in [6, 6.07) is 0.566. The van der Waals surface area contributed by atoms with E-state index in [2.05, 4.69) is 22.6 Å². The van der Waals surface area contributed by atoms with Crippen molar-refractivity contribution in [2.75, 3.05) is 44.5 Å². The zero-order valence-electron chi connectivity index (χ0n) is 12.2. The number of nitrogens with zero attached hydrogens (tertiary/aromatic N) is 1. The van der Waals surface area contributed by atoms with Crippen LogP contribution in [0.2, 0.25) is 0 Å². The van der Waals surface area contributed by atoms with Gasteiger partial charge in [-0.1, -0.05) is 0 Å². The summed E-state index contributed by atoms with van der Waals surface area (Å²) in [6.45, 7) is 2.06. The van der Waals surface area contributed by atoms with Gasteiger partial charge in [0.1, 0.15) is 9.88 Å². The Bertz CT molecular complexity index is 489. The summed E-state index contributed by atoms with van der Waals surface area (Å²) < 4.78 is 0. The lowest BCUT2D eigenvalue weighted by atomic mass is 10.2. The minimum atomic E-state index is -0.117. The molecule has 1 amide bonds. The topological polar surface area (TPSA) is 70.4 Å². The molecule has 1 aromatic heterocycles. The van der Waals surface area contributed by atoms with E-state index in [1.165, 1.54) is 24.2 Å². The zero-order chi connectivity index (χ0) is 14.7. The van der Waals surface area contributed by atoms with Gasteiger partial charge in [-0.15, -0.1) is 23.1 Å². The second kappa shape index (κ2) is 6.69. The molecule has 2 heterocycles. The number of thioether (sulfide) groups is 1. The van der Waals surface area contributed by atoms with E-state index in [0.717, 1.165) is 23.0 Å². The highest BCUT2D eigenvalue weighted by molar-refractivity contribution is 7.99. The standard InChI is InChI=1S/C13H22N4OS2/c1-15-12(18)10-9(14)11(19-3)13(20-10)16-7-8-5-4-6-17(8)2/h8,16H,4-7,14H2,1-3H3,(H,15,18). The van der Waals surface area contributed by atoms with Gasteiger partial charge in [-0.25, -0.2) is 0 Å². The van der Waals surface area contributed by atoms with E-state index in [-0.39, 0.29) is 5.91 Å². The first-order valence-corrected chi connectivity index (χ1v) is 8.75. The third kappa shape index (κ3) is 3.05. The molecule has 0 saturated carbocycles. The van der Waals surface area contributed by atoms with Crippen LogP contribution in [-0.4, -0.2) is 50.3 Å².